The van der Waals surface area contributed by atoms with Crippen molar-refractivity contribution >= 4 is 5.71 Å². The maximum atomic E-state index is 11.2. The van der Waals surface area contributed by atoms with Gasteiger partial charge in [0, 0.05) is 19.4 Å². The van der Waals surface area contributed by atoms with Gasteiger partial charge < -0.3 is 5.11 Å². The van der Waals surface area contributed by atoms with Crippen molar-refractivity contribution in [2.45, 2.75) is 44.8 Å². The standard InChI is InChI=1S/C21H26NO2/c1-5-15-11-13-16(14-12-15)18-20(23)19(17-9-7-6-8-10-17)22(24-4)21(18,2)3/h6-14,18,20,23H,5H2,1-4H3/q+1. The first kappa shape index (κ1) is 16.7. The van der Waals surface area contributed by atoms with Crippen molar-refractivity contribution in [1.29, 1.82) is 0 Å². The highest BCUT2D eigenvalue weighted by atomic mass is 16.7. The highest BCUT2D eigenvalue weighted by molar-refractivity contribution is 6.01. The minimum atomic E-state index is -0.616. The van der Waals surface area contributed by atoms with Crippen molar-refractivity contribution in [2.24, 2.45) is 0 Å². The number of aliphatic hydroxyl groups excluding tert-OH is 1. The lowest BCUT2D eigenvalue weighted by Gasteiger charge is -2.24. The van der Waals surface area contributed by atoms with Crippen molar-refractivity contribution in [3.63, 3.8) is 0 Å². The van der Waals surface area contributed by atoms with Gasteiger partial charge in [0.05, 0.1) is 5.92 Å². The van der Waals surface area contributed by atoms with E-state index in [1.807, 2.05) is 35.1 Å². The minimum Gasteiger partial charge on any atom is -0.381 e. The molecule has 0 fully saturated rings. The summed E-state index contributed by atoms with van der Waals surface area (Å²) in [5.74, 6) is -0.0569. The normalized spacial score (nSPS) is 22.7. The largest absolute Gasteiger partial charge is 0.381 e. The van der Waals surface area contributed by atoms with Crippen LogP contribution in [0.15, 0.2) is 54.6 Å². The molecule has 2 aromatic rings. The van der Waals surface area contributed by atoms with E-state index >= 15 is 0 Å². The Morgan fingerprint density at radius 2 is 1.67 bits per heavy atom. The molecule has 2 aromatic carbocycles. The summed E-state index contributed by atoms with van der Waals surface area (Å²) >= 11 is 0. The second-order valence-electron chi connectivity index (χ2n) is 6.90. The Kier molecular flexibility index (Phi) is 4.46. The molecule has 0 saturated carbocycles. The highest BCUT2D eigenvalue weighted by Crippen LogP contribution is 2.41. The third-order valence-corrected chi connectivity index (χ3v) is 5.10. The molecule has 1 N–H and O–H groups in total. The molecule has 0 aromatic heterocycles. The summed E-state index contributed by atoms with van der Waals surface area (Å²) in [5, 5.41) is 11.2. The fourth-order valence-electron chi connectivity index (χ4n) is 3.88. The van der Waals surface area contributed by atoms with E-state index in [9.17, 15) is 5.11 Å². The van der Waals surface area contributed by atoms with E-state index in [-0.39, 0.29) is 11.5 Å². The number of aliphatic hydroxyl groups is 1. The lowest BCUT2D eigenvalue weighted by Crippen LogP contribution is -2.38. The van der Waals surface area contributed by atoms with Gasteiger partial charge in [-0.3, -0.25) is 4.84 Å². The Balaban J connectivity index is 2.08. The number of hydrogen-bond acceptors (Lipinski definition) is 2. The van der Waals surface area contributed by atoms with Crippen LogP contribution < -0.4 is 0 Å². The number of benzene rings is 2. The van der Waals surface area contributed by atoms with Gasteiger partial charge in [-0.15, -0.1) is 0 Å². The van der Waals surface area contributed by atoms with Crippen LogP contribution in [0.2, 0.25) is 0 Å². The first-order chi connectivity index (χ1) is 11.5. The summed E-state index contributed by atoms with van der Waals surface area (Å²) in [4.78, 5) is 5.70. The summed E-state index contributed by atoms with van der Waals surface area (Å²) < 4.78 is 1.87. The topological polar surface area (TPSA) is 32.5 Å². The van der Waals surface area contributed by atoms with Crippen molar-refractivity contribution < 1.29 is 14.7 Å². The number of hydrogen-bond donors (Lipinski definition) is 1. The molecular formula is C21H26NO2+. The molecule has 3 heteroatoms. The van der Waals surface area contributed by atoms with Crippen molar-refractivity contribution in [1.82, 2.24) is 0 Å². The molecule has 3 nitrogen and oxygen atoms in total. The molecule has 2 atom stereocenters. The molecule has 0 aliphatic carbocycles. The summed E-state index contributed by atoms with van der Waals surface area (Å²) in [6.07, 6.45) is 0.400. The number of hydroxylamine groups is 1. The van der Waals surface area contributed by atoms with Crippen LogP contribution in [-0.2, 0) is 11.3 Å². The van der Waals surface area contributed by atoms with Gasteiger partial charge in [-0.25, -0.2) is 0 Å². The molecule has 1 aliphatic rings. The molecule has 126 valence electrons. The number of aryl methyl sites for hydroxylation is 1. The van der Waals surface area contributed by atoms with E-state index in [4.69, 9.17) is 4.84 Å². The average molecular weight is 324 g/mol. The lowest BCUT2D eigenvalue weighted by atomic mass is 9.79. The smallest absolute Gasteiger partial charge is 0.264 e. The zero-order valence-corrected chi connectivity index (χ0v) is 14.9. The second-order valence-corrected chi connectivity index (χ2v) is 6.90. The van der Waals surface area contributed by atoms with E-state index in [2.05, 4.69) is 45.0 Å². The van der Waals surface area contributed by atoms with Crippen LogP contribution in [0.5, 0.6) is 0 Å². The summed E-state index contributed by atoms with van der Waals surface area (Å²) in [5.41, 5.74) is 3.91. The monoisotopic (exact) mass is 324 g/mol. The Morgan fingerprint density at radius 3 is 2.21 bits per heavy atom. The fraction of sp³-hybridized carbons (Fsp3) is 0.381. The van der Waals surface area contributed by atoms with E-state index < -0.39 is 6.10 Å². The first-order valence-corrected chi connectivity index (χ1v) is 8.54. The van der Waals surface area contributed by atoms with Gasteiger partial charge in [-0.2, -0.15) is 0 Å². The predicted molar refractivity (Wildman–Crippen MR) is 96.5 cm³/mol. The molecule has 0 spiro atoms. The molecule has 24 heavy (non-hydrogen) atoms. The van der Waals surface area contributed by atoms with Gasteiger partial charge in [0.2, 0.25) is 5.54 Å². The van der Waals surface area contributed by atoms with Gasteiger partial charge in [0.25, 0.3) is 5.71 Å². The third kappa shape index (κ3) is 2.63. The average Bonchev–Trinajstić information content (AvgIpc) is 2.80. The quantitative estimate of drug-likeness (QED) is 0.872. The molecule has 3 rings (SSSR count). The molecule has 1 aliphatic heterocycles. The molecule has 1 heterocycles. The molecule has 0 bridgehead atoms. The SMILES string of the molecule is CCc1ccc(C2C(O)C(c3ccccc3)=[N+](OC)C2(C)C)cc1. The van der Waals surface area contributed by atoms with Crippen molar-refractivity contribution in [3.8, 4) is 0 Å². The van der Waals surface area contributed by atoms with E-state index in [1.165, 1.54) is 5.56 Å². The number of nitrogens with zero attached hydrogens (tertiary/aromatic N) is 1. The Hall–Kier alpha value is -2.13. The van der Waals surface area contributed by atoms with Crippen LogP contribution in [0.4, 0.5) is 0 Å². The predicted octanol–water partition coefficient (Wildman–Crippen LogP) is 3.55. The van der Waals surface area contributed by atoms with E-state index in [0.29, 0.717) is 0 Å². The highest BCUT2D eigenvalue weighted by Gasteiger charge is 2.58. The van der Waals surface area contributed by atoms with Gasteiger partial charge in [-0.05, 0) is 34.4 Å². The molecule has 0 amide bonds. The summed E-state index contributed by atoms with van der Waals surface area (Å²) in [6.45, 7) is 6.39. The van der Waals surface area contributed by atoms with Crippen LogP contribution >= 0.6 is 0 Å². The third-order valence-electron chi connectivity index (χ3n) is 5.10. The maximum Gasteiger partial charge on any atom is 0.264 e. The van der Waals surface area contributed by atoms with Gasteiger partial charge in [0.1, 0.15) is 7.11 Å². The molecular weight excluding hydrogens is 298 g/mol. The number of rotatable bonds is 4. The lowest BCUT2D eigenvalue weighted by molar-refractivity contribution is -0.822. The van der Waals surface area contributed by atoms with Gasteiger partial charge in [-0.1, -0.05) is 49.4 Å². The minimum absolute atomic E-state index is 0.0569. The summed E-state index contributed by atoms with van der Waals surface area (Å²) in [7, 11) is 1.67. The molecule has 0 radical (unpaired) electrons. The second kappa shape index (κ2) is 6.40. The van der Waals surface area contributed by atoms with Crippen LogP contribution in [0.25, 0.3) is 0 Å². The first-order valence-electron chi connectivity index (χ1n) is 8.54. The Labute approximate surface area is 144 Å². The van der Waals surface area contributed by atoms with E-state index in [1.54, 1.807) is 7.11 Å². The fourth-order valence-corrected chi connectivity index (χ4v) is 3.88. The van der Waals surface area contributed by atoms with Crippen LogP contribution in [0.1, 0.15) is 43.4 Å². The van der Waals surface area contributed by atoms with Gasteiger partial charge >= 0.3 is 0 Å². The molecule has 0 saturated heterocycles. The van der Waals surface area contributed by atoms with Crippen molar-refractivity contribution in [2.75, 3.05) is 7.11 Å². The summed E-state index contributed by atoms with van der Waals surface area (Å²) in [6, 6.07) is 18.6. The zero-order valence-electron chi connectivity index (χ0n) is 14.9. The Morgan fingerprint density at radius 1 is 1.04 bits per heavy atom. The van der Waals surface area contributed by atoms with Crippen LogP contribution in [0, 0.1) is 0 Å². The van der Waals surface area contributed by atoms with E-state index in [0.717, 1.165) is 23.3 Å². The Bertz CT molecular complexity index is 732. The maximum absolute atomic E-state index is 11.2. The van der Waals surface area contributed by atoms with Crippen LogP contribution in [0.3, 0.4) is 0 Å². The molecule has 2 unspecified atom stereocenters. The zero-order chi connectivity index (χ0) is 17.3. The van der Waals surface area contributed by atoms with Crippen molar-refractivity contribution in [3.05, 3.63) is 71.3 Å². The van der Waals surface area contributed by atoms with Gasteiger partial charge in [0.15, 0.2) is 6.10 Å². The van der Waals surface area contributed by atoms with Crippen LogP contribution in [-0.4, -0.2) is 34.3 Å².